The second kappa shape index (κ2) is 6.73. The number of carbonyl (C=O) groups is 1. The summed E-state index contributed by atoms with van der Waals surface area (Å²) < 4.78 is 14.4. The summed E-state index contributed by atoms with van der Waals surface area (Å²) >= 11 is 7.75. The molecule has 0 bridgehead atoms. The molecule has 1 fully saturated rings. The molecule has 1 saturated heterocycles. The maximum Gasteiger partial charge on any atom is 0.255 e. The highest BCUT2D eigenvalue weighted by atomic mass is 35.5. The molecule has 1 aliphatic heterocycles. The number of fused-ring (bicyclic) bond motifs is 1. The Morgan fingerprint density at radius 1 is 1.28 bits per heavy atom. The van der Waals surface area contributed by atoms with Crippen molar-refractivity contribution in [2.75, 3.05) is 13.1 Å². The van der Waals surface area contributed by atoms with Crippen molar-refractivity contribution in [3.8, 4) is 0 Å². The highest BCUT2D eigenvalue weighted by Gasteiger charge is 2.28. The van der Waals surface area contributed by atoms with E-state index < -0.39 is 5.82 Å². The molecular weight excluding hydrogens is 359 g/mol. The highest BCUT2D eigenvalue weighted by molar-refractivity contribution is 7.18. The molecule has 0 N–H and O–H groups in total. The minimum atomic E-state index is -0.437. The summed E-state index contributed by atoms with van der Waals surface area (Å²) in [5, 5.41) is 1.23. The van der Waals surface area contributed by atoms with Crippen LogP contribution in [0.15, 0.2) is 42.5 Å². The van der Waals surface area contributed by atoms with Crippen molar-refractivity contribution in [3.63, 3.8) is 0 Å². The predicted octanol–water partition coefficient (Wildman–Crippen LogP) is 5.11. The standard InChI is InChI=1S/C19H16ClFN2OS/c20-15-10-13(21)7-8-14(15)19(24)23-9-3-4-12(11-23)18-22-16-5-1-2-6-17(16)25-18/h1-2,5-8,10,12H,3-4,9,11H2/t12-/m1/s1. The van der Waals surface area contributed by atoms with Gasteiger partial charge in [-0.25, -0.2) is 9.37 Å². The van der Waals surface area contributed by atoms with Crippen LogP contribution in [0.4, 0.5) is 4.39 Å². The minimum absolute atomic E-state index is 0.143. The Morgan fingerprint density at radius 2 is 2.12 bits per heavy atom. The van der Waals surface area contributed by atoms with E-state index >= 15 is 0 Å². The van der Waals surface area contributed by atoms with Gasteiger partial charge in [0.05, 0.1) is 25.8 Å². The number of aromatic nitrogens is 1. The van der Waals surface area contributed by atoms with Gasteiger partial charge in [0, 0.05) is 19.0 Å². The second-order valence-electron chi connectivity index (χ2n) is 6.23. The Labute approximate surface area is 154 Å². The third kappa shape index (κ3) is 3.26. The molecule has 1 aliphatic rings. The van der Waals surface area contributed by atoms with E-state index in [1.165, 1.54) is 22.9 Å². The van der Waals surface area contributed by atoms with Crippen molar-refractivity contribution in [1.29, 1.82) is 0 Å². The lowest BCUT2D eigenvalue weighted by Crippen LogP contribution is -2.39. The fraction of sp³-hybridized carbons (Fsp3) is 0.263. The van der Waals surface area contributed by atoms with Crippen molar-refractivity contribution in [2.24, 2.45) is 0 Å². The first-order chi connectivity index (χ1) is 12.1. The van der Waals surface area contributed by atoms with Crippen molar-refractivity contribution < 1.29 is 9.18 Å². The molecule has 0 radical (unpaired) electrons. The minimum Gasteiger partial charge on any atom is -0.338 e. The topological polar surface area (TPSA) is 33.2 Å². The van der Waals surface area contributed by atoms with Crippen LogP contribution in [0.5, 0.6) is 0 Å². The summed E-state index contributed by atoms with van der Waals surface area (Å²) in [5.74, 6) is -0.349. The summed E-state index contributed by atoms with van der Waals surface area (Å²) in [6.45, 7) is 1.31. The molecule has 0 spiro atoms. The fourth-order valence-electron chi connectivity index (χ4n) is 3.26. The number of thiazole rings is 1. The SMILES string of the molecule is O=C(c1ccc(F)cc1Cl)N1CCC[C@@H](c2nc3ccccc3s2)C1. The number of rotatable bonds is 2. The number of likely N-dealkylation sites (tertiary alicyclic amines) is 1. The lowest BCUT2D eigenvalue weighted by Gasteiger charge is -2.32. The van der Waals surface area contributed by atoms with E-state index in [0.29, 0.717) is 18.7 Å². The monoisotopic (exact) mass is 374 g/mol. The van der Waals surface area contributed by atoms with E-state index in [1.54, 1.807) is 16.2 Å². The summed E-state index contributed by atoms with van der Waals surface area (Å²) in [6, 6.07) is 12.0. The Bertz CT molecular complexity index is 909. The molecule has 1 atom stereocenters. The third-order valence-electron chi connectivity index (χ3n) is 4.53. The van der Waals surface area contributed by atoms with Crippen LogP contribution >= 0.6 is 22.9 Å². The van der Waals surface area contributed by atoms with Crippen LogP contribution in [0.2, 0.25) is 5.02 Å². The van der Waals surface area contributed by atoms with Gasteiger partial charge in [0.1, 0.15) is 5.82 Å². The van der Waals surface area contributed by atoms with Gasteiger partial charge in [-0.3, -0.25) is 4.79 Å². The van der Waals surface area contributed by atoms with E-state index in [-0.39, 0.29) is 16.8 Å². The zero-order valence-electron chi connectivity index (χ0n) is 13.4. The number of hydrogen-bond acceptors (Lipinski definition) is 3. The summed E-state index contributed by atoms with van der Waals surface area (Å²) in [6.07, 6.45) is 1.94. The summed E-state index contributed by atoms with van der Waals surface area (Å²) in [4.78, 5) is 19.3. The Hall–Kier alpha value is -1.98. The normalized spacial score (nSPS) is 17.8. The molecule has 128 valence electrons. The van der Waals surface area contributed by atoms with Crippen LogP contribution < -0.4 is 0 Å². The molecule has 1 amide bonds. The number of nitrogens with zero attached hydrogens (tertiary/aromatic N) is 2. The van der Waals surface area contributed by atoms with Gasteiger partial charge in [0.2, 0.25) is 0 Å². The maximum atomic E-state index is 13.2. The van der Waals surface area contributed by atoms with Gasteiger partial charge in [-0.15, -0.1) is 11.3 Å². The number of carbonyl (C=O) groups excluding carboxylic acids is 1. The molecule has 2 heterocycles. The van der Waals surface area contributed by atoms with Crippen LogP contribution in [-0.4, -0.2) is 28.9 Å². The van der Waals surface area contributed by atoms with Gasteiger partial charge >= 0.3 is 0 Å². The largest absolute Gasteiger partial charge is 0.338 e. The van der Waals surface area contributed by atoms with E-state index in [4.69, 9.17) is 16.6 Å². The van der Waals surface area contributed by atoms with E-state index in [0.717, 1.165) is 23.4 Å². The van der Waals surface area contributed by atoms with Crippen LogP contribution in [-0.2, 0) is 0 Å². The number of amides is 1. The van der Waals surface area contributed by atoms with E-state index in [2.05, 4.69) is 6.07 Å². The quantitative estimate of drug-likeness (QED) is 0.624. The molecular formula is C19H16ClFN2OS. The smallest absolute Gasteiger partial charge is 0.255 e. The number of hydrogen-bond donors (Lipinski definition) is 0. The molecule has 3 aromatic rings. The first-order valence-electron chi connectivity index (χ1n) is 8.21. The van der Waals surface area contributed by atoms with Gasteiger partial charge in [-0.2, -0.15) is 0 Å². The second-order valence-corrected chi connectivity index (χ2v) is 7.70. The molecule has 3 nitrogen and oxygen atoms in total. The molecule has 6 heteroatoms. The number of benzene rings is 2. The lowest BCUT2D eigenvalue weighted by molar-refractivity contribution is 0.0707. The fourth-order valence-corrected chi connectivity index (χ4v) is 4.60. The van der Waals surface area contributed by atoms with Crippen molar-refractivity contribution in [2.45, 2.75) is 18.8 Å². The van der Waals surface area contributed by atoms with Gasteiger partial charge < -0.3 is 4.90 Å². The van der Waals surface area contributed by atoms with Crippen molar-refractivity contribution >= 4 is 39.1 Å². The van der Waals surface area contributed by atoms with Crippen LogP contribution in [0.25, 0.3) is 10.2 Å². The molecule has 25 heavy (non-hydrogen) atoms. The first kappa shape index (κ1) is 16.5. The van der Waals surface area contributed by atoms with Crippen LogP contribution in [0, 0.1) is 5.82 Å². The van der Waals surface area contributed by atoms with Crippen molar-refractivity contribution in [1.82, 2.24) is 9.88 Å². The number of para-hydroxylation sites is 1. The van der Waals surface area contributed by atoms with Crippen molar-refractivity contribution in [3.05, 3.63) is 63.9 Å². The first-order valence-corrected chi connectivity index (χ1v) is 9.41. The average molecular weight is 375 g/mol. The molecule has 0 saturated carbocycles. The molecule has 0 unspecified atom stereocenters. The molecule has 0 aliphatic carbocycles. The lowest BCUT2D eigenvalue weighted by atomic mass is 9.98. The highest BCUT2D eigenvalue weighted by Crippen LogP contribution is 2.33. The third-order valence-corrected chi connectivity index (χ3v) is 6.04. The summed E-state index contributed by atoms with van der Waals surface area (Å²) in [5.41, 5.74) is 1.36. The number of piperidine rings is 1. The molecule has 2 aromatic carbocycles. The van der Waals surface area contributed by atoms with E-state index in [1.807, 2.05) is 18.2 Å². The van der Waals surface area contributed by atoms with Gasteiger partial charge in [-0.05, 0) is 43.2 Å². The van der Waals surface area contributed by atoms with Crippen LogP contribution in [0.1, 0.15) is 34.1 Å². The van der Waals surface area contributed by atoms with Gasteiger partial charge in [-0.1, -0.05) is 23.7 Å². The molecule has 4 rings (SSSR count). The van der Waals surface area contributed by atoms with Gasteiger partial charge in [0.15, 0.2) is 0 Å². The zero-order chi connectivity index (χ0) is 17.4. The number of halogens is 2. The summed E-state index contributed by atoms with van der Waals surface area (Å²) in [7, 11) is 0. The Morgan fingerprint density at radius 3 is 2.92 bits per heavy atom. The maximum absolute atomic E-state index is 13.2. The van der Waals surface area contributed by atoms with E-state index in [9.17, 15) is 9.18 Å². The van der Waals surface area contributed by atoms with Gasteiger partial charge in [0.25, 0.3) is 5.91 Å². The zero-order valence-corrected chi connectivity index (χ0v) is 15.0. The predicted molar refractivity (Wildman–Crippen MR) is 98.9 cm³/mol. The average Bonchev–Trinajstić information content (AvgIpc) is 3.05. The Kier molecular flexibility index (Phi) is 4.44. The Balaban J connectivity index is 1.57. The molecule has 1 aromatic heterocycles. The van der Waals surface area contributed by atoms with Crippen LogP contribution in [0.3, 0.4) is 0 Å².